The molecule has 0 aliphatic heterocycles. The lowest BCUT2D eigenvalue weighted by Gasteiger charge is -1.98. The van der Waals surface area contributed by atoms with Gasteiger partial charge in [0.05, 0.1) is 0 Å². The topological polar surface area (TPSA) is 80.9 Å². The molecule has 4 N–H and O–H groups in total. The van der Waals surface area contributed by atoms with Crippen LogP contribution in [0.4, 0.5) is 0 Å². The maximum atomic E-state index is 8.47. The third-order valence-electron chi connectivity index (χ3n) is 2.44. The molecule has 0 unspecified atom stereocenters. The van der Waals surface area contributed by atoms with Crippen LogP contribution in [0.3, 0.4) is 0 Å². The second-order valence-electron chi connectivity index (χ2n) is 4.39. The van der Waals surface area contributed by atoms with Crippen molar-refractivity contribution in [3.05, 3.63) is 0 Å². The first kappa shape index (κ1) is 19.2. The maximum Gasteiger partial charge on any atom is 0.0478 e. The van der Waals surface area contributed by atoms with Crippen molar-refractivity contribution in [2.45, 2.75) is 51.9 Å². The minimum absolute atomic E-state index is 0.0463. The van der Waals surface area contributed by atoms with Crippen LogP contribution in [-0.2, 0) is 0 Å². The van der Waals surface area contributed by atoms with Gasteiger partial charge in [-0.1, -0.05) is 39.0 Å². The lowest BCUT2D eigenvalue weighted by molar-refractivity contribution is 0.162. The van der Waals surface area contributed by atoms with E-state index in [1.807, 2.05) is 0 Å². The fraction of sp³-hybridized carbons (Fsp3) is 1.00. The van der Waals surface area contributed by atoms with Gasteiger partial charge in [-0.2, -0.15) is 0 Å². The van der Waals surface area contributed by atoms with Crippen molar-refractivity contribution in [1.82, 2.24) is 0 Å². The van der Waals surface area contributed by atoms with E-state index in [4.69, 9.17) is 20.4 Å². The molecule has 0 radical (unpaired) electrons. The molecule has 0 heterocycles. The highest BCUT2D eigenvalue weighted by molar-refractivity contribution is 4.44. The number of hydrogen-bond acceptors (Lipinski definition) is 4. The van der Waals surface area contributed by atoms with Crippen LogP contribution >= 0.6 is 0 Å². The van der Waals surface area contributed by atoms with Crippen molar-refractivity contribution < 1.29 is 20.4 Å². The summed E-state index contributed by atoms with van der Waals surface area (Å²) in [6.07, 6.45) is 7.89. The highest BCUT2D eigenvalue weighted by Gasteiger charge is 1.91. The molecule has 4 heteroatoms. The normalized spacial score (nSPS) is 10.2. The Morgan fingerprint density at radius 2 is 0.882 bits per heavy atom. The molecule has 0 spiro atoms. The fourth-order valence-electron chi connectivity index (χ4n) is 1.17. The van der Waals surface area contributed by atoms with E-state index in [1.54, 1.807) is 6.92 Å². The molecule has 0 aliphatic rings. The Morgan fingerprint density at radius 1 is 0.588 bits per heavy atom. The average molecular weight is 250 g/mol. The molecule has 0 bridgehead atoms. The van der Waals surface area contributed by atoms with Crippen molar-refractivity contribution in [1.29, 1.82) is 0 Å². The van der Waals surface area contributed by atoms with E-state index < -0.39 is 0 Å². The average Bonchev–Trinajstić information content (AvgIpc) is 2.37. The summed E-state index contributed by atoms with van der Waals surface area (Å²) < 4.78 is 0. The second-order valence-corrected chi connectivity index (χ2v) is 4.39. The van der Waals surface area contributed by atoms with E-state index in [-0.39, 0.29) is 19.1 Å². The van der Waals surface area contributed by atoms with Gasteiger partial charge in [0.25, 0.3) is 0 Å². The molecule has 17 heavy (non-hydrogen) atoms. The van der Waals surface area contributed by atoms with Crippen LogP contribution in [0.25, 0.3) is 0 Å². The Balaban J connectivity index is 0. The molecular weight excluding hydrogens is 220 g/mol. The molecule has 0 saturated carbocycles. The molecular formula is C13H30O4. The zero-order chi connectivity index (χ0) is 13.4. The van der Waals surface area contributed by atoms with Gasteiger partial charge in [0.2, 0.25) is 0 Å². The lowest BCUT2D eigenvalue weighted by Crippen LogP contribution is -2.04. The zero-order valence-corrected chi connectivity index (χ0v) is 11.1. The molecule has 0 saturated heterocycles. The van der Waals surface area contributed by atoms with E-state index in [9.17, 15) is 0 Å². The maximum absolute atomic E-state index is 8.47. The second kappa shape index (κ2) is 18.2. The van der Waals surface area contributed by atoms with E-state index >= 15 is 0 Å². The monoisotopic (exact) mass is 250 g/mol. The van der Waals surface area contributed by atoms with Crippen molar-refractivity contribution >= 4 is 0 Å². The highest BCUT2D eigenvalue weighted by atomic mass is 16.3. The van der Waals surface area contributed by atoms with Crippen molar-refractivity contribution in [2.75, 3.05) is 26.4 Å². The van der Waals surface area contributed by atoms with Crippen LogP contribution in [0, 0.1) is 5.92 Å². The Morgan fingerprint density at radius 3 is 1.06 bits per heavy atom. The standard InChI is InChI=1S/C9H20O2.C4H10O2/c10-8-6-4-2-1-3-5-7-9-11;1-4(2-5)3-6/h10-11H,1-9H2;4-6H,2-3H2,1H3. The summed E-state index contributed by atoms with van der Waals surface area (Å²) in [5.74, 6) is 0.0463. The number of hydrogen-bond donors (Lipinski definition) is 4. The summed E-state index contributed by atoms with van der Waals surface area (Å²) in [6.45, 7) is 2.60. The summed E-state index contributed by atoms with van der Waals surface area (Å²) in [5.41, 5.74) is 0. The fourth-order valence-corrected chi connectivity index (χ4v) is 1.17. The summed E-state index contributed by atoms with van der Waals surface area (Å²) >= 11 is 0. The van der Waals surface area contributed by atoms with Crippen molar-refractivity contribution in [3.8, 4) is 0 Å². The highest BCUT2D eigenvalue weighted by Crippen LogP contribution is 2.06. The van der Waals surface area contributed by atoms with Gasteiger partial charge in [-0.05, 0) is 12.8 Å². The smallest absolute Gasteiger partial charge is 0.0478 e. The summed E-state index contributed by atoms with van der Waals surface area (Å²) in [4.78, 5) is 0. The van der Waals surface area contributed by atoms with Crippen molar-refractivity contribution in [2.24, 2.45) is 5.92 Å². The number of rotatable bonds is 10. The molecule has 0 aromatic carbocycles. The van der Waals surface area contributed by atoms with Crippen LogP contribution in [0.2, 0.25) is 0 Å². The predicted molar refractivity (Wildman–Crippen MR) is 69.8 cm³/mol. The first-order valence-electron chi connectivity index (χ1n) is 6.66. The number of unbranched alkanes of at least 4 members (excludes halogenated alkanes) is 6. The van der Waals surface area contributed by atoms with E-state index in [0.29, 0.717) is 13.2 Å². The van der Waals surface area contributed by atoms with Gasteiger partial charge in [-0.15, -0.1) is 0 Å². The SMILES string of the molecule is CC(CO)CO.OCCCCCCCCCO. The Hall–Kier alpha value is -0.160. The quantitative estimate of drug-likeness (QED) is 0.441. The molecule has 106 valence electrons. The van der Waals surface area contributed by atoms with E-state index in [2.05, 4.69) is 0 Å². The third-order valence-corrected chi connectivity index (χ3v) is 2.44. The predicted octanol–water partition coefficient (Wildman–Crippen LogP) is 1.31. The molecule has 0 aromatic rings. The minimum atomic E-state index is 0.0463. The molecule has 4 nitrogen and oxygen atoms in total. The summed E-state index contributed by atoms with van der Waals surface area (Å²) in [7, 11) is 0. The van der Waals surface area contributed by atoms with Crippen LogP contribution in [-0.4, -0.2) is 46.9 Å². The largest absolute Gasteiger partial charge is 0.396 e. The molecule has 0 atom stereocenters. The van der Waals surface area contributed by atoms with E-state index in [1.165, 1.54) is 19.3 Å². The Bertz CT molecular complexity index is 108. The van der Waals surface area contributed by atoms with Gasteiger partial charge in [0.1, 0.15) is 0 Å². The molecule has 0 amide bonds. The first-order valence-corrected chi connectivity index (χ1v) is 6.66. The number of aliphatic hydroxyl groups excluding tert-OH is 4. The van der Waals surface area contributed by atoms with Crippen LogP contribution in [0.15, 0.2) is 0 Å². The van der Waals surface area contributed by atoms with Gasteiger partial charge in [-0.25, -0.2) is 0 Å². The Kier molecular flexibility index (Phi) is 20.6. The Labute approximate surface area is 105 Å². The third kappa shape index (κ3) is 21.6. The van der Waals surface area contributed by atoms with Gasteiger partial charge in [-0.3, -0.25) is 0 Å². The summed E-state index contributed by atoms with van der Waals surface area (Å²) in [6, 6.07) is 0. The molecule has 0 fully saturated rings. The zero-order valence-electron chi connectivity index (χ0n) is 11.1. The first-order chi connectivity index (χ1) is 8.22. The summed E-state index contributed by atoms with van der Waals surface area (Å²) in [5, 5.41) is 33.3. The molecule has 0 aromatic heterocycles. The van der Waals surface area contributed by atoms with Gasteiger partial charge in [0, 0.05) is 32.3 Å². The van der Waals surface area contributed by atoms with Gasteiger partial charge in [0.15, 0.2) is 0 Å². The van der Waals surface area contributed by atoms with Crippen LogP contribution in [0.5, 0.6) is 0 Å². The molecule has 0 aliphatic carbocycles. The van der Waals surface area contributed by atoms with Gasteiger partial charge < -0.3 is 20.4 Å². The van der Waals surface area contributed by atoms with Gasteiger partial charge >= 0.3 is 0 Å². The van der Waals surface area contributed by atoms with Crippen LogP contribution in [0.1, 0.15) is 51.9 Å². The number of aliphatic hydroxyl groups is 4. The lowest BCUT2D eigenvalue weighted by atomic mass is 10.1. The van der Waals surface area contributed by atoms with Crippen LogP contribution < -0.4 is 0 Å². The van der Waals surface area contributed by atoms with E-state index in [0.717, 1.165) is 25.7 Å². The minimum Gasteiger partial charge on any atom is -0.396 e. The molecule has 0 rings (SSSR count). The van der Waals surface area contributed by atoms with Crippen molar-refractivity contribution in [3.63, 3.8) is 0 Å².